The summed E-state index contributed by atoms with van der Waals surface area (Å²) in [5.41, 5.74) is 6.27. The molecule has 0 spiro atoms. The molecule has 0 atom stereocenters. The summed E-state index contributed by atoms with van der Waals surface area (Å²) in [6.45, 7) is 0.300. The fourth-order valence-corrected chi connectivity index (χ4v) is 3.01. The summed E-state index contributed by atoms with van der Waals surface area (Å²) in [6.07, 6.45) is 4.61. The molecule has 24 heavy (non-hydrogen) atoms. The number of carbonyl (C=O) groups is 1. The number of nitrogens with two attached hydrogens (primary N) is 1. The van der Waals surface area contributed by atoms with Crippen LogP contribution < -0.4 is 25.3 Å². The molecule has 0 unspecified atom stereocenters. The van der Waals surface area contributed by atoms with Crippen molar-refractivity contribution < 1.29 is 19.0 Å². The van der Waals surface area contributed by atoms with Gasteiger partial charge >= 0.3 is 0 Å². The highest BCUT2D eigenvalue weighted by Crippen LogP contribution is 2.34. The van der Waals surface area contributed by atoms with Gasteiger partial charge < -0.3 is 25.3 Å². The Kier molecular flexibility index (Phi) is 7.63. The van der Waals surface area contributed by atoms with Crippen molar-refractivity contribution >= 4 is 18.3 Å². The van der Waals surface area contributed by atoms with Crippen molar-refractivity contribution in [1.29, 1.82) is 0 Å². The van der Waals surface area contributed by atoms with Crippen molar-refractivity contribution in [3.63, 3.8) is 0 Å². The van der Waals surface area contributed by atoms with E-state index in [2.05, 4.69) is 5.32 Å². The zero-order valence-electron chi connectivity index (χ0n) is 14.5. The first-order valence-electron chi connectivity index (χ1n) is 7.90. The SMILES string of the molecule is COc1cc(OC)c(CNC(=O)C2(N)CCCCC2)c(OC)c1.Cl. The predicted octanol–water partition coefficient (Wildman–Crippen LogP) is 2.41. The van der Waals surface area contributed by atoms with Gasteiger partial charge in [0.1, 0.15) is 17.2 Å². The molecule has 0 heterocycles. The third-order valence-corrected chi connectivity index (χ3v) is 4.44. The molecular weight excluding hydrogens is 332 g/mol. The summed E-state index contributed by atoms with van der Waals surface area (Å²) in [5.74, 6) is 1.74. The number of hydrogen-bond donors (Lipinski definition) is 2. The van der Waals surface area contributed by atoms with Gasteiger partial charge in [-0.3, -0.25) is 4.79 Å². The van der Waals surface area contributed by atoms with E-state index in [4.69, 9.17) is 19.9 Å². The molecule has 0 aliphatic heterocycles. The molecule has 0 bridgehead atoms. The van der Waals surface area contributed by atoms with Gasteiger partial charge in [0.2, 0.25) is 5.91 Å². The maximum atomic E-state index is 12.5. The highest BCUT2D eigenvalue weighted by atomic mass is 35.5. The van der Waals surface area contributed by atoms with Crippen LogP contribution in [-0.2, 0) is 11.3 Å². The summed E-state index contributed by atoms with van der Waals surface area (Å²) in [6, 6.07) is 3.53. The second-order valence-corrected chi connectivity index (χ2v) is 5.91. The van der Waals surface area contributed by atoms with Crippen molar-refractivity contribution in [2.24, 2.45) is 5.73 Å². The van der Waals surface area contributed by atoms with E-state index in [1.807, 2.05) is 0 Å². The normalized spacial score (nSPS) is 15.8. The minimum absolute atomic E-state index is 0. The molecule has 1 amide bonds. The largest absolute Gasteiger partial charge is 0.496 e. The summed E-state index contributed by atoms with van der Waals surface area (Å²) >= 11 is 0. The maximum Gasteiger partial charge on any atom is 0.240 e. The average molecular weight is 359 g/mol. The van der Waals surface area contributed by atoms with E-state index in [9.17, 15) is 4.79 Å². The van der Waals surface area contributed by atoms with Crippen LogP contribution in [0.2, 0.25) is 0 Å². The van der Waals surface area contributed by atoms with Gasteiger partial charge in [-0.2, -0.15) is 0 Å². The Morgan fingerprint density at radius 1 is 1.08 bits per heavy atom. The van der Waals surface area contributed by atoms with E-state index in [1.54, 1.807) is 33.5 Å². The van der Waals surface area contributed by atoms with Crippen LogP contribution in [0.15, 0.2) is 12.1 Å². The second-order valence-electron chi connectivity index (χ2n) is 5.91. The number of rotatable bonds is 6. The molecule has 6 nitrogen and oxygen atoms in total. The minimum Gasteiger partial charge on any atom is -0.496 e. The Balaban J connectivity index is 0.00000288. The van der Waals surface area contributed by atoms with Crippen molar-refractivity contribution in [2.45, 2.75) is 44.2 Å². The predicted molar refractivity (Wildman–Crippen MR) is 95.2 cm³/mol. The summed E-state index contributed by atoms with van der Waals surface area (Å²) in [7, 11) is 4.73. The third kappa shape index (κ3) is 4.45. The van der Waals surface area contributed by atoms with Crippen LogP contribution in [0.5, 0.6) is 17.2 Å². The van der Waals surface area contributed by atoms with Crippen LogP contribution in [-0.4, -0.2) is 32.8 Å². The maximum absolute atomic E-state index is 12.5. The lowest BCUT2D eigenvalue weighted by Crippen LogP contribution is -2.54. The molecule has 0 radical (unpaired) electrons. The van der Waals surface area contributed by atoms with Gasteiger partial charge in [-0.05, 0) is 12.8 Å². The van der Waals surface area contributed by atoms with Gasteiger partial charge in [0.15, 0.2) is 0 Å². The number of amides is 1. The first kappa shape index (κ1) is 20.4. The smallest absolute Gasteiger partial charge is 0.240 e. The van der Waals surface area contributed by atoms with Gasteiger partial charge in [-0.1, -0.05) is 19.3 Å². The number of nitrogens with one attached hydrogen (secondary N) is 1. The number of carbonyl (C=O) groups excluding carboxylic acids is 1. The molecule has 0 saturated heterocycles. The topological polar surface area (TPSA) is 82.8 Å². The Morgan fingerprint density at radius 3 is 2.08 bits per heavy atom. The van der Waals surface area contributed by atoms with E-state index >= 15 is 0 Å². The lowest BCUT2D eigenvalue weighted by molar-refractivity contribution is -0.127. The molecule has 1 aliphatic carbocycles. The van der Waals surface area contributed by atoms with E-state index in [-0.39, 0.29) is 18.3 Å². The van der Waals surface area contributed by atoms with Crippen molar-refractivity contribution in [2.75, 3.05) is 21.3 Å². The lowest BCUT2D eigenvalue weighted by atomic mass is 9.82. The number of halogens is 1. The molecule has 1 aromatic rings. The Morgan fingerprint density at radius 2 is 1.62 bits per heavy atom. The van der Waals surface area contributed by atoms with Gasteiger partial charge in [-0.15, -0.1) is 12.4 Å². The molecule has 0 aromatic heterocycles. The van der Waals surface area contributed by atoms with Crippen LogP contribution in [0, 0.1) is 0 Å². The zero-order chi connectivity index (χ0) is 16.9. The van der Waals surface area contributed by atoms with Crippen LogP contribution in [0.3, 0.4) is 0 Å². The van der Waals surface area contributed by atoms with Crippen LogP contribution in [0.1, 0.15) is 37.7 Å². The van der Waals surface area contributed by atoms with Crippen molar-refractivity contribution in [1.82, 2.24) is 5.32 Å². The average Bonchev–Trinajstić information content (AvgIpc) is 2.59. The monoisotopic (exact) mass is 358 g/mol. The van der Waals surface area contributed by atoms with Gasteiger partial charge in [-0.25, -0.2) is 0 Å². The summed E-state index contributed by atoms with van der Waals surface area (Å²) < 4.78 is 16.0. The fourth-order valence-electron chi connectivity index (χ4n) is 3.01. The lowest BCUT2D eigenvalue weighted by Gasteiger charge is -2.32. The first-order chi connectivity index (χ1) is 11.0. The molecule has 7 heteroatoms. The third-order valence-electron chi connectivity index (χ3n) is 4.44. The van der Waals surface area contributed by atoms with E-state index < -0.39 is 5.54 Å². The molecule has 2 rings (SSSR count). The van der Waals surface area contributed by atoms with Crippen molar-refractivity contribution in [3.05, 3.63) is 17.7 Å². The minimum atomic E-state index is -0.759. The van der Waals surface area contributed by atoms with E-state index in [0.29, 0.717) is 23.8 Å². The second kappa shape index (κ2) is 8.99. The first-order valence-corrected chi connectivity index (χ1v) is 7.90. The number of methoxy groups -OCH3 is 3. The molecule has 1 fully saturated rings. The quantitative estimate of drug-likeness (QED) is 0.816. The Bertz CT molecular complexity index is 535. The molecule has 1 aliphatic rings. The highest BCUT2D eigenvalue weighted by molar-refractivity contribution is 5.86. The zero-order valence-corrected chi connectivity index (χ0v) is 15.3. The molecule has 136 valence electrons. The highest BCUT2D eigenvalue weighted by Gasteiger charge is 2.35. The van der Waals surface area contributed by atoms with Gasteiger partial charge in [0, 0.05) is 12.1 Å². The number of hydrogen-bond acceptors (Lipinski definition) is 5. The summed E-state index contributed by atoms with van der Waals surface area (Å²) in [5, 5.41) is 2.93. The number of benzene rings is 1. The standard InChI is InChI=1S/C17H26N2O4.ClH/c1-21-12-9-14(22-2)13(15(10-12)23-3)11-19-16(20)17(18)7-5-4-6-8-17;/h9-10H,4-8,11,18H2,1-3H3,(H,19,20);1H. The van der Waals surface area contributed by atoms with E-state index in [0.717, 1.165) is 37.7 Å². The van der Waals surface area contributed by atoms with Crippen LogP contribution in [0.25, 0.3) is 0 Å². The number of ether oxygens (including phenoxy) is 3. The van der Waals surface area contributed by atoms with E-state index in [1.165, 1.54) is 0 Å². The molecule has 1 saturated carbocycles. The molecule has 3 N–H and O–H groups in total. The fraction of sp³-hybridized carbons (Fsp3) is 0.588. The molecule has 1 aromatic carbocycles. The van der Waals surface area contributed by atoms with Crippen LogP contribution in [0.4, 0.5) is 0 Å². The Labute approximate surface area is 149 Å². The molecular formula is C17H27ClN2O4. The van der Waals surface area contributed by atoms with Crippen molar-refractivity contribution in [3.8, 4) is 17.2 Å². The van der Waals surface area contributed by atoms with Gasteiger partial charge in [0.05, 0.1) is 39.0 Å². The van der Waals surface area contributed by atoms with Gasteiger partial charge in [0.25, 0.3) is 0 Å². The summed E-state index contributed by atoms with van der Waals surface area (Å²) in [4.78, 5) is 12.5. The van der Waals surface area contributed by atoms with Crippen LogP contribution >= 0.6 is 12.4 Å². The Hall–Kier alpha value is -1.66.